The molecule has 0 spiro atoms. The number of anilines is 1. The Bertz CT molecular complexity index is 891. The van der Waals surface area contributed by atoms with Crippen molar-refractivity contribution in [3.8, 4) is 17.2 Å². The highest BCUT2D eigenvalue weighted by Gasteiger charge is 2.12. The molecule has 0 radical (unpaired) electrons. The standard InChI is InChI=1S/C18H16ClN3O3/c1-11-2-4-12(5-3-11)18-22-21-17(25-18)9-8-16(24)20-14-10-13(19)6-7-15(14)23/h2-7,10,23H,8-9H2,1H3,(H,20,24). The molecular formula is C18H16ClN3O3. The van der Waals surface area contributed by atoms with Gasteiger partial charge in [0.2, 0.25) is 17.7 Å². The predicted octanol–water partition coefficient (Wildman–Crippen LogP) is 3.98. The molecule has 0 aliphatic heterocycles. The molecule has 0 fully saturated rings. The van der Waals surface area contributed by atoms with Gasteiger partial charge in [-0.3, -0.25) is 4.79 Å². The van der Waals surface area contributed by atoms with Gasteiger partial charge in [-0.1, -0.05) is 29.3 Å². The van der Waals surface area contributed by atoms with Crippen molar-refractivity contribution in [1.29, 1.82) is 0 Å². The Balaban J connectivity index is 1.59. The van der Waals surface area contributed by atoms with Crippen LogP contribution in [0.2, 0.25) is 5.02 Å². The fourth-order valence-electron chi connectivity index (χ4n) is 2.21. The van der Waals surface area contributed by atoms with Crippen LogP contribution in [0, 0.1) is 6.92 Å². The number of aryl methyl sites for hydroxylation is 2. The van der Waals surface area contributed by atoms with Gasteiger partial charge in [-0.05, 0) is 37.3 Å². The Morgan fingerprint density at radius 3 is 2.72 bits per heavy atom. The summed E-state index contributed by atoms with van der Waals surface area (Å²) >= 11 is 5.85. The number of aromatic nitrogens is 2. The second-order valence-electron chi connectivity index (χ2n) is 5.58. The number of halogens is 1. The van der Waals surface area contributed by atoms with Crippen LogP contribution < -0.4 is 5.32 Å². The minimum Gasteiger partial charge on any atom is -0.506 e. The predicted molar refractivity (Wildman–Crippen MR) is 94.5 cm³/mol. The van der Waals surface area contributed by atoms with E-state index in [1.807, 2.05) is 31.2 Å². The molecule has 128 valence electrons. The zero-order valence-electron chi connectivity index (χ0n) is 13.5. The van der Waals surface area contributed by atoms with Crippen LogP contribution in [0.3, 0.4) is 0 Å². The van der Waals surface area contributed by atoms with E-state index >= 15 is 0 Å². The summed E-state index contributed by atoms with van der Waals surface area (Å²) < 4.78 is 5.58. The van der Waals surface area contributed by atoms with Crippen LogP contribution in [0.1, 0.15) is 17.9 Å². The van der Waals surface area contributed by atoms with Crippen LogP contribution in [-0.4, -0.2) is 21.2 Å². The minimum atomic E-state index is -0.285. The maximum atomic E-state index is 12.0. The van der Waals surface area contributed by atoms with E-state index in [0.717, 1.165) is 11.1 Å². The van der Waals surface area contributed by atoms with Gasteiger partial charge in [0.15, 0.2) is 0 Å². The zero-order valence-corrected chi connectivity index (χ0v) is 14.2. The van der Waals surface area contributed by atoms with Gasteiger partial charge in [0, 0.05) is 23.4 Å². The van der Waals surface area contributed by atoms with E-state index in [1.54, 1.807) is 0 Å². The van der Waals surface area contributed by atoms with Crippen LogP contribution >= 0.6 is 11.6 Å². The van der Waals surface area contributed by atoms with E-state index in [0.29, 0.717) is 23.2 Å². The van der Waals surface area contributed by atoms with Crippen molar-refractivity contribution in [3.05, 3.63) is 58.9 Å². The van der Waals surface area contributed by atoms with E-state index in [1.165, 1.54) is 18.2 Å². The lowest BCUT2D eigenvalue weighted by Gasteiger charge is -2.06. The highest BCUT2D eigenvalue weighted by molar-refractivity contribution is 6.31. The molecular weight excluding hydrogens is 342 g/mol. The summed E-state index contributed by atoms with van der Waals surface area (Å²) in [5.74, 6) is 0.466. The normalized spacial score (nSPS) is 10.6. The van der Waals surface area contributed by atoms with E-state index in [9.17, 15) is 9.90 Å². The molecule has 0 saturated heterocycles. The molecule has 1 heterocycles. The van der Waals surface area contributed by atoms with Crippen molar-refractivity contribution in [2.24, 2.45) is 0 Å². The maximum Gasteiger partial charge on any atom is 0.247 e. The molecule has 6 nitrogen and oxygen atoms in total. The summed E-state index contributed by atoms with van der Waals surface area (Å²) in [6, 6.07) is 12.2. The Kier molecular flexibility index (Phi) is 5.00. The number of nitrogens with one attached hydrogen (secondary N) is 1. The van der Waals surface area contributed by atoms with Crippen LogP contribution in [-0.2, 0) is 11.2 Å². The summed E-state index contributed by atoms with van der Waals surface area (Å²) in [5.41, 5.74) is 2.24. The third-order valence-electron chi connectivity index (χ3n) is 3.56. The second-order valence-corrected chi connectivity index (χ2v) is 6.01. The summed E-state index contributed by atoms with van der Waals surface area (Å²) in [5, 5.41) is 20.7. The van der Waals surface area contributed by atoms with Crippen LogP contribution in [0.4, 0.5) is 5.69 Å². The number of hydrogen-bond acceptors (Lipinski definition) is 5. The highest BCUT2D eigenvalue weighted by Crippen LogP contribution is 2.26. The summed E-state index contributed by atoms with van der Waals surface area (Å²) in [6.45, 7) is 2.00. The quantitative estimate of drug-likeness (QED) is 0.674. The fraction of sp³-hybridized carbons (Fsp3) is 0.167. The zero-order chi connectivity index (χ0) is 17.8. The third-order valence-corrected chi connectivity index (χ3v) is 3.80. The van der Waals surface area contributed by atoms with Crippen LogP contribution in [0.15, 0.2) is 46.9 Å². The Morgan fingerprint density at radius 2 is 1.96 bits per heavy atom. The van der Waals surface area contributed by atoms with Gasteiger partial charge >= 0.3 is 0 Å². The largest absolute Gasteiger partial charge is 0.506 e. The molecule has 0 unspecified atom stereocenters. The van der Waals surface area contributed by atoms with E-state index in [4.69, 9.17) is 16.0 Å². The van der Waals surface area contributed by atoms with Gasteiger partial charge in [-0.25, -0.2) is 0 Å². The molecule has 0 atom stereocenters. The molecule has 2 aromatic carbocycles. The molecule has 3 rings (SSSR count). The monoisotopic (exact) mass is 357 g/mol. The van der Waals surface area contributed by atoms with Crippen molar-refractivity contribution in [2.75, 3.05) is 5.32 Å². The summed E-state index contributed by atoms with van der Waals surface area (Å²) in [4.78, 5) is 12.0. The van der Waals surface area contributed by atoms with Crippen LogP contribution in [0.5, 0.6) is 5.75 Å². The lowest BCUT2D eigenvalue weighted by molar-refractivity contribution is -0.116. The van der Waals surface area contributed by atoms with Crippen molar-refractivity contribution in [1.82, 2.24) is 10.2 Å². The number of amides is 1. The number of aromatic hydroxyl groups is 1. The first-order valence-corrected chi connectivity index (χ1v) is 8.07. The first-order valence-electron chi connectivity index (χ1n) is 7.69. The van der Waals surface area contributed by atoms with E-state index < -0.39 is 0 Å². The molecule has 0 aliphatic rings. The Hall–Kier alpha value is -2.86. The first kappa shape index (κ1) is 17.0. The van der Waals surface area contributed by atoms with Gasteiger partial charge in [-0.2, -0.15) is 0 Å². The topological polar surface area (TPSA) is 88.2 Å². The lowest BCUT2D eigenvalue weighted by atomic mass is 10.1. The Labute approximate surface area is 149 Å². The molecule has 1 aromatic heterocycles. The van der Waals surface area contributed by atoms with Gasteiger partial charge < -0.3 is 14.8 Å². The molecule has 0 aliphatic carbocycles. The van der Waals surface area contributed by atoms with Gasteiger partial charge in [0.05, 0.1) is 5.69 Å². The molecule has 3 aromatic rings. The number of hydrogen-bond donors (Lipinski definition) is 2. The van der Waals surface area contributed by atoms with Crippen molar-refractivity contribution in [2.45, 2.75) is 19.8 Å². The number of nitrogens with zero attached hydrogens (tertiary/aromatic N) is 2. The number of phenolic OH excluding ortho intramolecular Hbond substituents is 1. The van der Waals surface area contributed by atoms with Gasteiger partial charge in [0.25, 0.3) is 0 Å². The molecule has 25 heavy (non-hydrogen) atoms. The number of carbonyl (C=O) groups is 1. The van der Waals surface area contributed by atoms with Gasteiger partial charge in [-0.15, -0.1) is 10.2 Å². The Morgan fingerprint density at radius 1 is 1.20 bits per heavy atom. The summed E-state index contributed by atoms with van der Waals surface area (Å²) in [7, 11) is 0. The van der Waals surface area contributed by atoms with Crippen LogP contribution in [0.25, 0.3) is 11.5 Å². The average molecular weight is 358 g/mol. The van der Waals surface area contributed by atoms with Crippen molar-refractivity contribution in [3.63, 3.8) is 0 Å². The van der Waals surface area contributed by atoms with E-state index in [-0.39, 0.29) is 23.8 Å². The van der Waals surface area contributed by atoms with E-state index in [2.05, 4.69) is 15.5 Å². The fourth-order valence-corrected chi connectivity index (χ4v) is 2.38. The minimum absolute atomic E-state index is 0.0443. The number of carbonyl (C=O) groups excluding carboxylic acids is 1. The molecule has 1 amide bonds. The third kappa shape index (κ3) is 4.36. The number of benzene rings is 2. The average Bonchev–Trinajstić information content (AvgIpc) is 3.06. The van der Waals surface area contributed by atoms with Crippen molar-refractivity contribution < 1.29 is 14.3 Å². The molecule has 0 saturated carbocycles. The first-order chi connectivity index (χ1) is 12.0. The van der Waals surface area contributed by atoms with Crippen molar-refractivity contribution >= 4 is 23.2 Å². The highest BCUT2D eigenvalue weighted by atomic mass is 35.5. The smallest absolute Gasteiger partial charge is 0.247 e. The SMILES string of the molecule is Cc1ccc(-c2nnc(CCC(=O)Nc3cc(Cl)ccc3O)o2)cc1. The number of phenols is 1. The lowest BCUT2D eigenvalue weighted by Crippen LogP contribution is -2.12. The second kappa shape index (κ2) is 7.36. The van der Waals surface area contributed by atoms with Gasteiger partial charge in [0.1, 0.15) is 5.75 Å². The maximum absolute atomic E-state index is 12.0. The molecule has 2 N–H and O–H groups in total. The summed E-state index contributed by atoms with van der Waals surface area (Å²) in [6.07, 6.45) is 0.438. The molecule has 7 heteroatoms. The molecule has 0 bridgehead atoms. The number of rotatable bonds is 5.